The predicted octanol–water partition coefficient (Wildman–Crippen LogP) is 3.02. The van der Waals surface area contributed by atoms with Crippen LogP contribution in [-0.4, -0.2) is 45.6 Å². The molecule has 0 aliphatic rings. The van der Waals surface area contributed by atoms with Gasteiger partial charge in [0.2, 0.25) is 8.32 Å². The summed E-state index contributed by atoms with van der Waals surface area (Å²) in [5, 5.41) is 0. The van der Waals surface area contributed by atoms with Crippen molar-refractivity contribution in [1.82, 2.24) is 0 Å². The molecule has 4 nitrogen and oxygen atoms in total. The van der Waals surface area contributed by atoms with Crippen LogP contribution in [-0.2, 0) is 17.7 Å². The van der Waals surface area contributed by atoms with Crippen LogP contribution in [0.3, 0.4) is 0 Å². The van der Waals surface area contributed by atoms with E-state index in [1.165, 1.54) is 0 Å². The molecule has 0 aliphatic heterocycles. The Bertz CT molecular complexity index is 388. The third-order valence-corrected chi connectivity index (χ3v) is 7.38. The van der Waals surface area contributed by atoms with E-state index < -0.39 is 17.1 Å². The third kappa shape index (κ3) is 5.70. The SMILES string of the molecule is C=CC(=C[Si](OC)(OC)OC)C(=C)C=C[Si](C)(C)OC. The number of hydrogen-bond donors (Lipinski definition) is 0. The molecule has 6 heteroatoms. The van der Waals surface area contributed by atoms with Crippen molar-refractivity contribution in [1.29, 1.82) is 0 Å². The van der Waals surface area contributed by atoms with E-state index in [1.807, 2.05) is 11.8 Å². The fraction of sp³-hybridized carbons (Fsp3) is 0.429. The van der Waals surface area contributed by atoms with E-state index in [1.54, 1.807) is 34.5 Å². The summed E-state index contributed by atoms with van der Waals surface area (Å²) in [4.78, 5) is 0. The Hall–Kier alpha value is -0.766. The largest absolute Gasteiger partial charge is 0.529 e. The molecule has 0 atom stereocenters. The second-order valence-electron chi connectivity index (χ2n) is 4.69. The molecule has 0 aromatic rings. The van der Waals surface area contributed by atoms with Crippen LogP contribution in [0.5, 0.6) is 0 Å². The van der Waals surface area contributed by atoms with Crippen LogP contribution >= 0.6 is 0 Å². The van der Waals surface area contributed by atoms with Gasteiger partial charge in [-0.3, -0.25) is 0 Å². The summed E-state index contributed by atoms with van der Waals surface area (Å²) in [6.07, 6.45) is 3.66. The quantitative estimate of drug-likeness (QED) is 0.484. The van der Waals surface area contributed by atoms with Gasteiger partial charge in [0.05, 0.1) is 0 Å². The standard InChI is InChI=1S/C14H26O4Si2/c1-9-14(12-20(16-4,17-5)18-6)13(2)10-11-19(7,8)15-3/h9-12H,1-2H2,3-8H3. The van der Waals surface area contributed by atoms with Crippen molar-refractivity contribution in [2.75, 3.05) is 28.4 Å². The molecule has 0 aromatic carbocycles. The van der Waals surface area contributed by atoms with Gasteiger partial charge in [0, 0.05) is 28.4 Å². The molecule has 0 spiro atoms. The highest BCUT2D eigenvalue weighted by molar-refractivity contribution is 6.76. The van der Waals surface area contributed by atoms with E-state index in [4.69, 9.17) is 17.7 Å². The van der Waals surface area contributed by atoms with Gasteiger partial charge in [0.25, 0.3) is 0 Å². The van der Waals surface area contributed by atoms with Crippen molar-refractivity contribution < 1.29 is 17.7 Å². The van der Waals surface area contributed by atoms with Crippen LogP contribution in [0.4, 0.5) is 0 Å². The van der Waals surface area contributed by atoms with Crippen molar-refractivity contribution in [3.63, 3.8) is 0 Å². The Morgan fingerprint density at radius 2 is 1.45 bits per heavy atom. The minimum atomic E-state index is -2.80. The maximum atomic E-state index is 5.47. The Kier molecular flexibility index (Phi) is 8.18. The highest BCUT2D eigenvalue weighted by Gasteiger charge is 2.35. The lowest BCUT2D eigenvalue weighted by atomic mass is 10.1. The monoisotopic (exact) mass is 314 g/mol. The van der Waals surface area contributed by atoms with Crippen LogP contribution in [0, 0.1) is 0 Å². The molecule has 0 saturated heterocycles. The lowest BCUT2D eigenvalue weighted by Gasteiger charge is -2.22. The fourth-order valence-electron chi connectivity index (χ4n) is 1.37. The highest BCUT2D eigenvalue weighted by Crippen LogP contribution is 2.18. The van der Waals surface area contributed by atoms with Crippen molar-refractivity contribution in [2.45, 2.75) is 13.1 Å². The molecular formula is C14H26O4Si2. The molecule has 0 rings (SSSR count). The maximum absolute atomic E-state index is 5.47. The number of hydrogen-bond acceptors (Lipinski definition) is 4. The molecule has 0 aromatic heterocycles. The van der Waals surface area contributed by atoms with Gasteiger partial charge in [0.1, 0.15) is 0 Å². The molecule has 0 fully saturated rings. The summed E-state index contributed by atoms with van der Waals surface area (Å²) < 4.78 is 21.6. The maximum Gasteiger partial charge on any atom is 0.529 e. The summed E-state index contributed by atoms with van der Waals surface area (Å²) in [5.74, 6) is 0. The van der Waals surface area contributed by atoms with Gasteiger partial charge in [-0.1, -0.05) is 31.0 Å². The van der Waals surface area contributed by atoms with Gasteiger partial charge in [-0.2, -0.15) is 0 Å². The van der Waals surface area contributed by atoms with Gasteiger partial charge >= 0.3 is 8.80 Å². The molecule has 114 valence electrons. The van der Waals surface area contributed by atoms with E-state index >= 15 is 0 Å². The van der Waals surface area contributed by atoms with Gasteiger partial charge in [-0.25, -0.2) is 0 Å². The number of rotatable bonds is 9. The van der Waals surface area contributed by atoms with Crippen LogP contribution in [0.15, 0.2) is 47.9 Å². The highest BCUT2D eigenvalue weighted by atomic mass is 28.4. The zero-order valence-electron chi connectivity index (χ0n) is 13.4. The van der Waals surface area contributed by atoms with Crippen molar-refractivity contribution in [2.24, 2.45) is 0 Å². The Morgan fingerprint density at radius 1 is 0.950 bits per heavy atom. The molecule has 0 radical (unpaired) electrons. The summed E-state index contributed by atoms with van der Waals surface area (Å²) in [6, 6.07) is 0. The van der Waals surface area contributed by atoms with Crippen LogP contribution in [0.1, 0.15) is 0 Å². The zero-order valence-corrected chi connectivity index (χ0v) is 15.4. The summed E-state index contributed by atoms with van der Waals surface area (Å²) in [7, 11) is 1.86. The molecule has 20 heavy (non-hydrogen) atoms. The molecular weight excluding hydrogens is 288 g/mol. The van der Waals surface area contributed by atoms with Gasteiger partial charge < -0.3 is 17.7 Å². The first-order valence-corrected chi connectivity index (χ1v) is 11.0. The molecule has 0 N–H and O–H groups in total. The van der Waals surface area contributed by atoms with Crippen LogP contribution in [0.25, 0.3) is 0 Å². The molecule has 0 saturated carbocycles. The van der Waals surface area contributed by atoms with E-state index in [9.17, 15) is 0 Å². The second-order valence-corrected chi connectivity index (χ2v) is 11.4. The minimum absolute atomic E-state index is 0.820. The van der Waals surface area contributed by atoms with Crippen LogP contribution in [0.2, 0.25) is 13.1 Å². The van der Waals surface area contributed by atoms with Crippen molar-refractivity contribution >= 4 is 17.1 Å². The smallest absolute Gasteiger partial charge is 0.417 e. The second kappa shape index (κ2) is 8.50. The first-order chi connectivity index (χ1) is 9.29. The topological polar surface area (TPSA) is 36.9 Å². The minimum Gasteiger partial charge on any atom is -0.417 e. The Morgan fingerprint density at radius 3 is 1.80 bits per heavy atom. The first kappa shape index (κ1) is 19.2. The fourth-order valence-corrected chi connectivity index (χ4v) is 3.64. The average molecular weight is 315 g/mol. The molecule has 0 amide bonds. The van der Waals surface area contributed by atoms with E-state index in [0.717, 1.165) is 11.1 Å². The summed E-state index contributed by atoms with van der Waals surface area (Å²) in [6.45, 7) is 12.1. The normalized spacial score (nSPS) is 13.8. The van der Waals surface area contributed by atoms with E-state index in [-0.39, 0.29) is 0 Å². The summed E-state index contributed by atoms with van der Waals surface area (Å²) in [5.41, 5.74) is 5.55. The summed E-state index contributed by atoms with van der Waals surface area (Å²) >= 11 is 0. The molecule has 0 bridgehead atoms. The lowest BCUT2D eigenvalue weighted by molar-refractivity contribution is 0.138. The van der Waals surface area contributed by atoms with Crippen molar-refractivity contribution in [3.05, 3.63) is 47.9 Å². The Balaban J connectivity index is 5.28. The van der Waals surface area contributed by atoms with Gasteiger partial charge in [0.15, 0.2) is 0 Å². The molecule has 0 aliphatic carbocycles. The number of allylic oxidation sites excluding steroid dienone is 4. The average Bonchev–Trinajstić information content (AvgIpc) is 2.47. The predicted molar refractivity (Wildman–Crippen MR) is 87.8 cm³/mol. The van der Waals surface area contributed by atoms with E-state index in [2.05, 4.69) is 32.0 Å². The molecule has 0 unspecified atom stereocenters. The first-order valence-electron chi connectivity index (χ1n) is 6.24. The van der Waals surface area contributed by atoms with E-state index in [0.29, 0.717) is 0 Å². The zero-order chi connectivity index (χ0) is 15.8. The molecule has 0 heterocycles. The van der Waals surface area contributed by atoms with Crippen LogP contribution < -0.4 is 0 Å². The third-order valence-electron chi connectivity index (χ3n) is 2.99. The van der Waals surface area contributed by atoms with Gasteiger partial charge in [-0.15, -0.1) is 0 Å². The van der Waals surface area contributed by atoms with Crippen molar-refractivity contribution in [3.8, 4) is 0 Å². The van der Waals surface area contributed by atoms with Gasteiger partial charge in [-0.05, 0) is 29.9 Å². The Labute approximate surface area is 124 Å². The lowest BCUT2D eigenvalue weighted by Crippen LogP contribution is -2.41.